The quantitative estimate of drug-likeness (QED) is 0.915. The van der Waals surface area contributed by atoms with Crippen LogP contribution in [0, 0.1) is 0 Å². The summed E-state index contributed by atoms with van der Waals surface area (Å²) in [6.07, 6.45) is 0. The molecule has 2 aromatic carbocycles. The van der Waals surface area contributed by atoms with Gasteiger partial charge in [0.05, 0.1) is 5.69 Å². The molecule has 0 fully saturated rings. The molecule has 0 aliphatic heterocycles. The fourth-order valence-corrected chi connectivity index (χ4v) is 2.10. The van der Waals surface area contributed by atoms with E-state index in [-0.39, 0.29) is 5.91 Å². The Hall–Kier alpha value is -1.65. The zero-order chi connectivity index (χ0) is 13.0. The predicted molar refractivity (Wildman–Crippen MR) is 76.4 cm³/mol. The Morgan fingerprint density at radius 2 is 1.89 bits per heavy atom. The molecule has 0 heterocycles. The molecule has 4 heteroatoms. The monoisotopic (exact) mass is 304 g/mol. The van der Waals surface area contributed by atoms with Crippen LogP contribution in [0.5, 0.6) is 0 Å². The van der Waals surface area contributed by atoms with Crippen molar-refractivity contribution >= 4 is 27.5 Å². The van der Waals surface area contributed by atoms with E-state index in [1.54, 1.807) is 12.1 Å². The number of benzene rings is 2. The highest BCUT2D eigenvalue weighted by atomic mass is 79.9. The summed E-state index contributed by atoms with van der Waals surface area (Å²) in [4.78, 5) is 12.0. The van der Waals surface area contributed by atoms with Gasteiger partial charge in [-0.1, -0.05) is 24.3 Å². The van der Waals surface area contributed by atoms with Crippen LogP contribution in [0.1, 0.15) is 15.9 Å². The molecule has 2 rings (SSSR count). The van der Waals surface area contributed by atoms with E-state index in [4.69, 9.17) is 5.73 Å². The number of anilines is 1. The third-order valence-corrected chi connectivity index (χ3v) is 3.21. The molecule has 92 valence electrons. The summed E-state index contributed by atoms with van der Waals surface area (Å²) >= 11 is 3.42. The first kappa shape index (κ1) is 12.8. The van der Waals surface area contributed by atoms with Gasteiger partial charge in [0.25, 0.3) is 5.91 Å². The van der Waals surface area contributed by atoms with Crippen molar-refractivity contribution in [1.29, 1.82) is 0 Å². The van der Waals surface area contributed by atoms with Gasteiger partial charge in [-0.05, 0) is 45.8 Å². The second-order valence-corrected chi connectivity index (χ2v) is 4.69. The van der Waals surface area contributed by atoms with Gasteiger partial charge in [0.1, 0.15) is 0 Å². The lowest BCUT2D eigenvalue weighted by atomic mass is 10.2. The maximum absolute atomic E-state index is 12.0. The molecule has 0 atom stereocenters. The Morgan fingerprint density at radius 3 is 2.50 bits per heavy atom. The van der Waals surface area contributed by atoms with Gasteiger partial charge in [0, 0.05) is 16.6 Å². The Balaban J connectivity index is 2.17. The Bertz CT molecular complexity index is 555. The van der Waals surface area contributed by atoms with E-state index in [2.05, 4.69) is 21.2 Å². The maximum Gasteiger partial charge on any atom is 0.255 e. The number of amides is 1. The minimum atomic E-state index is -0.128. The average Bonchev–Trinajstić information content (AvgIpc) is 2.42. The van der Waals surface area contributed by atoms with Crippen molar-refractivity contribution in [3.8, 4) is 0 Å². The Labute approximate surface area is 114 Å². The van der Waals surface area contributed by atoms with Crippen molar-refractivity contribution in [2.45, 2.75) is 6.54 Å². The van der Waals surface area contributed by atoms with Crippen LogP contribution in [0.3, 0.4) is 0 Å². The summed E-state index contributed by atoms with van der Waals surface area (Å²) in [6.45, 7) is 0.478. The van der Waals surface area contributed by atoms with Gasteiger partial charge < -0.3 is 11.1 Å². The van der Waals surface area contributed by atoms with E-state index >= 15 is 0 Å². The zero-order valence-corrected chi connectivity index (χ0v) is 11.3. The first-order valence-corrected chi connectivity index (χ1v) is 6.35. The topological polar surface area (TPSA) is 55.1 Å². The van der Waals surface area contributed by atoms with E-state index < -0.39 is 0 Å². The van der Waals surface area contributed by atoms with Gasteiger partial charge in [0.15, 0.2) is 0 Å². The SMILES string of the molecule is NCc1ccc(NC(=O)c2ccccc2)c(Br)c1. The number of rotatable bonds is 3. The second-order valence-electron chi connectivity index (χ2n) is 3.84. The summed E-state index contributed by atoms with van der Waals surface area (Å²) < 4.78 is 0.828. The van der Waals surface area contributed by atoms with Crippen LogP contribution in [0.4, 0.5) is 5.69 Å². The van der Waals surface area contributed by atoms with Crippen molar-refractivity contribution in [2.24, 2.45) is 5.73 Å². The maximum atomic E-state index is 12.0. The van der Waals surface area contributed by atoms with Gasteiger partial charge in [-0.2, -0.15) is 0 Å². The fourth-order valence-electron chi connectivity index (χ4n) is 1.57. The molecule has 0 spiro atoms. The van der Waals surface area contributed by atoms with Crippen LogP contribution >= 0.6 is 15.9 Å². The summed E-state index contributed by atoms with van der Waals surface area (Å²) in [6, 6.07) is 14.7. The Morgan fingerprint density at radius 1 is 1.17 bits per heavy atom. The molecule has 1 amide bonds. The number of carbonyl (C=O) groups excluding carboxylic acids is 1. The standard InChI is InChI=1S/C14H13BrN2O/c15-12-8-10(9-16)6-7-13(12)17-14(18)11-4-2-1-3-5-11/h1-8H,9,16H2,(H,17,18). The van der Waals surface area contributed by atoms with Crippen LogP contribution in [0.2, 0.25) is 0 Å². The Kier molecular flexibility index (Phi) is 4.12. The number of nitrogens with two attached hydrogens (primary N) is 1. The van der Waals surface area contributed by atoms with Crippen LogP contribution < -0.4 is 11.1 Å². The molecule has 0 aromatic heterocycles. The molecule has 3 N–H and O–H groups in total. The number of halogens is 1. The third kappa shape index (κ3) is 2.97. The number of hydrogen-bond donors (Lipinski definition) is 2. The van der Waals surface area contributed by atoms with E-state index in [1.807, 2.05) is 36.4 Å². The van der Waals surface area contributed by atoms with E-state index in [1.165, 1.54) is 0 Å². The van der Waals surface area contributed by atoms with Crippen LogP contribution in [0.25, 0.3) is 0 Å². The average molecular weight is 305 g/mol. The molecular weight excluding hydrogens is 292 g/mol. The molecule has 0 radical (unpaired) electrons. The van der Waals surface area contributed by atoms with Crippen molar-refractivity contribution in [3.63, 3.8) is 0 Å². The second kappa shape index (κ2) is 5.80. The highest BCUT2D eigenvalue weighted by Crippen LogP contribution is 2.24. The molecule has 0 saturated carbocycles. The van der Waals surface area contributed by atoms with Gasteiger partial charge in [-0.3, -0.25) is 4.79 Å². The summed E-state index contributed by atoms with van der Waals surface area (Å²) in [5, 5.41) is 2.85. The summed E-state index contributed by atoms with van der Waals surface area (Å²) in [7, 11) is 0. The largest absolute Gasteiger partial charge is 0.326 e. The van der Waals surface area contributed by atoms with E-state index in [9.17, 15) is 4.79 Å². The molecular formula is C14H13BrN2O. The highest BCUT2D eigenvalue weighted by molar-refractivity contribution is 9.10. The van der Waals surface area contributed by atoms with E-state index in [0.29, 0.717) is 12.1 Å². The van der Waals surface area contributed by atoms with Crippen LogP contribution in [0.15, 0.2) is 53.0 Å². The molecule has 0 saturated heterocycles. The van der Waals surface area contributed by atoms with Crippen molar-refractivity contribution in [2.75, 3.05) is 5.32 Å². The first-order chi connectivity index (χ1) is 8.70. The zero-order valence-electron chi connectivity index (χ0n) is 9.69. The molecule has 3 nitrogen and oxygen atoms in total. The van der Waals surface area contributed by atoms with Gasteiger partial charge >= 0.3 is 0 Å². The number of nitrogens with one attached hydrogen (secondary N) is 1. The van der Waals surface area contributed by atoms with Gasteiger partial charge in [-0.15, -0.1) is 0 Å². The lowest BCUT2D eigenvalue weighted by molar-refractivity contribution is 0.102. The van der Waals surface area contributed by atoms with Crippen LogP contribution in [-0.2, 0) is 6.54 Å². The normalized spacial score (nSPS) is 10.1. The lowest BCUT2D eigenvalue weighted by Gasteiger charge is -2.08. The van der Waals surface area contributed by atoms with Gasteiger partial charge in [-0.25, -0.2) is 0 Å². The third-order valence-electron chi connectivity index (χ3n) is 2.55. The lowest BCUT2D eigenvalue weighted by Crippen LogP contribution is -2.12. The van der Waals surface area contributed by atoms with Crippen molar-refractivity contribution < 1.29 is 4.79 Å². The highest BCUT2D eigenvalue weighted by Gasteiger charge is 2.07. The van der Waals surface area contributed by atoms with E-state index in [0.717, 1.165) is 15.7 Å². The smallest absolute Gasteiger partial charge is 0.255 e. The summed E-state index contributed by atoms with van der Waals surface area (Å²) in [5.41, 5.74) is 7.94. The predicted octanol–water partition coefficient (Wildman–Crippen LogP) is 3.16. The van der Waals surface area contributed by atoms with Crippen LogP contribution in [-0.4, -0.2) is 5.91 Å². The molecule has 2 aromatic rings. The molecule has 0 aliphatic carbocycles. The van der Waals surface area contributed by atoms with Crippen molar-refractivity contribution in [1.82, 2.24) is 0 Å². The first-order valence-electron chi connectivity index (χ1n) is 5.55. The number of hydrogen-bond acceptors (Lipinski definition) is 2. The molecule has 18 heavy (non-hydrogen) atoms. The summed E-state index contributed by atoms with van der Waals surface area (Å²) in [5.74, 6) is -0.128. The minimum absolute atomic E-state index is 0.128. The molecule has 0 aliphatic rings. The molecule has 0 bridgehead atoms. The molecule has 0 unspecified atom stereocenters. The minimum Gasteiger partial charge on any atom is -0.326 e. The fraction of sp³-hybridized carbons (Fsp3) is 0.0714. The van der Waals surface area contributed by atoms with Crippen molar-refractivity contribution in [3.05, 3.63) is 64.1 Å². The number of carbonyl (C=O) groups is 1. The van der Waals surface area contributed by atoms with Gasteiger partial charge in [0.2, 0.25) is 0 Å².